The van der Waals surface area contributed by atoms with Crippen LogP contribution in [0.15, 0.2) is 34.7 Å². The van der Waals surface area contributed by atoms with Gasteiger partial charge < -0.3 is 14.6 Å². The summed E-state index contributed by atoms with van der Waals surface area (Å²) >= 11 is 0. The van der Waals surface area contributed by atoms with Gasteiger partial charge >= 0.3 is 0 Å². The van der Waals surface area contributed by atoms with Gasteiger partial charge in [-0.15, -0.1) is 0 Å². The van der Waals surface area contributed by atoms with Gasteiger partial charge in [0.25, 0.3) is 0 Å². The van der Waals surface area contributed by atoms with Crippen molar-refractivity contribution in [2.24, 2.45) is 0 Å². The topological polar surface area (TPSA) is 45.5 Å². The van der Waals surface area contributed by atoms with E-state index in [0.717, 1.165) is 28.3 Å². The van der Waals surface area contributed by atoms with E-state index in [9.17, 15) is 4.79 Å². The SMILES string of the molecule is Cc1ccc(CN(C)C(=O)CNc2c(C)cccc2C)o1. The number of nitrogens with one attached hydrogen (secondary N) is 1. The number of carbonyl (C=O) groups is 1. The summed E-state index contributed by atoms with van der Waals surface area (Å²) in [6.45, 7) is 6.74. The summed E-state index contributed by atoms with van der Waals surface area (Å²) in [5.41, 5.74) is 3.33. The summed E-state index contributed by atoms with van der Waals surface area (Å²) in [4.78, 5) is 13.8. The number of para-hydroxylation sites is 1. The largest absolute Gasteiger partial charge is 0.464 e. The number of anilines is 1. The zero-order chi connectivity index (χ0) is 15.4. The molecule has 1 aromatic carbocycles. The van der Waals surface area contributed by atoms with Gasteiger partial charge in [0.2, 0.25) is 5.91 Å². The Morgan fingerprint density at radius 1 is 1.14 bits per heavy atom. The first-order valence-electron chi connectivity index (χ1n) is 7.06. The summed E-state index contributed by atoms with van der Waals surface area (Å²) in [6, 6.07) is 9.90. The van der Waals surface area contributed by atoms with Gasteiger partial charge in [-0.2, -0.15) is 0 Å². The lowest BCUT2D eigenvalue weighted by atomic mass is 10.1. The van der Waals surface area contributed by atoms with Crippen LogP contribution in [0.1, 0.15) is 22.6 Å². The summed E-state index contributed by atoms with van der Waals surface area (Å²) in [7, 11) is 1.78. The Labute approximate surface area is 125 Å². The maximum Gasteiger partial charge on any atom is 0.242 e. The van der Waals surface area contributed by atoms with Crippen molar-refractivity contribution in [2.45, 2.75) is 27.3 Å². The molecule has 1 N–H and O–H groups in total. The van der Waals surface area contributed by atoms with E-state index < -0.39 is 0 Å². The van der Waals surface area contributed by atoms with E-state index in [1.54, 1.807) is 11.9 Å². The molecule has 112 valence electrons. The van der Waals surface area contributed by atoms with Crippen molar-refractivity contribution < 1.29 is 9.21 Å². The van der Waals surface area contributed by atoms with Gasteiger partial charge in [-0.3, -0.25) is 4.79 Å². The standard InChI is InChI=1S/C17H22N2O2/c1-12-6-5-7-13(2)17(12)18-10-16(20)19(4)11-15-9-8-14(3)21-15/h5-9,18H,10-11H2,1-4H3. The molecule has 2 rings (SSSR count). The molecule has 2 aromatic rings. The number of nitrogens with zero attached hydrogens (tertiary/aromatic N) is 1. The first-order valence-corrected chi connectivity index (χ1v) is 7.06. The molecule has 0 fully saturated rings. The molecular weight excluding hydrogens is 264 g/mol. The lowest BCUT2D eigenvalue weighted by Crippen LogP contribution is -2.31. The molecule has 0 bridgehead atoms. The van der Waals surface area contributed by atoms with Gasteiger partial charge in [0, 0.05) is 12.7 Å². The normalized spacial score (nSPS) is 10.5. The fraction of sp³-hybridized carbons (Fsp3) is 0.353. The summed E-state index contributed by atoms with van der Waals surface area (Å²) in [6.07, 6.45) is 0. The van der Waals surface area contributed by atoms with Gasteiger partial charge in [0.1, 0.15) is 11.5 Å². The number of aryl methyl sites for hydroxylation is 3. The highest BCUT2D eigenvalue weighted by Crippen LogP contribution is 2.19. The van der Waals surface area contributed by atoms with E-state index >= 15 is 0 Å². The Hall–Kier alpha value is -2.23. The Bertz CT molecular complexity index is 611. The summed E-state index contributed by atoms with van der Waals surface area (Å²) in [5, 5.41) is 3.23. The zero-order valence-corrected chi connectivity index (χ0v) is 13.1. The van der Waals surface area contributed by atoms with Crippen LogP contribution in [0.4, 0.5) is 5.69 Å². The van der Waals surface area contributed by atoms with Crippen LogP contribution in [0.2, 0.25) is 0 Å². The van der Waals surface area contributed by atoms with Gasteiger partial charge in [-0.1, -0.05) is 18.2 Å². The molecule has 4 heteroatoms. The molecule has 0 spiro atoms. The first-order chi connectivity index (χ1) is 9.97. The van der Waals surface area contributed by atoms with E-state index in [0.29, 0.717) is 6.54 Å². The quantitative estimate of drug-likeness (QED) is 0.917. The van der Waals surface area contributed by atoms with Crippen LogP contribution in [0, 0.1) is 20.8 Å². The van der Waals surface area contributed by atoms with Crippen LogP contribution >= 0.6 is 0 Å². The minimum atomic E-state index is 0.0340. The smallest absolute Gasteiger partial charge is 0.242 e. The molecule has 0 aliphatic carbocycles. The van der Waals surface area contributed by atoms with Crippen LogP contribution in [0.25, 0.3) is 0 Å². The van der Waals surface area contributed by atoms with Crippen molar-refractivity contribution in [1.82, 2.24) is 4.90 Å². The van der Waals surface area contributed by atoms with E-state index in [4.69, 9.17) is 4.42 Å². The van der Waals surface area contributed by atoms with Crippen molar-refractivity contribution in [3.63, 3.8) is 0 Å². The van der Waals surface area contributed by atoms with E-state index in [1.807, 2.05) is 51.1 Å². The molecule has 21 heavy (non-hydrogen) atoms. The number of furan rings is 1. The third kappa shape index (κ3) is 3.88. The lowest BCUT2D eigenvalue weighted by Gasteiger charge is -2.18. The number of hydrogen-bond donors (Lipinski definition) is 1. The van der Waals surface area contributed by atoms with Crippen LogP contribution < -0.4 is 5.32 Å². The molecule has 0 saturated carbocycles. The minimum absolute atomic E-state index is 0.0340. The summed E-state index contributed by atoms with van der Waals surface area (Å²) < 4.78 is 5.49. The van der Waals surface area contributed by atoms with Crippen LogP contribution in [0.5, 0.6) is 0 Å². The van der Waals surface area contributed by atoms with E-state index in [-0.39, 0.29) is 12.5 Å². The van der Waals surface area contributed by atoms with Gasteiger partial charge in [0.05, 0.1) is 13.1 Å². The molecule has 0 unspecified atom stereocenters. The highest BCUT2D eigenvalue weighted by molar-refractivity contribution is 5.81. The average Bonchev–Trinajstić information content (AvgIpc) is 2.83. The van der Waals surface area contributed by atoms with Crippen LogP contribution in [-0.2, 0) is 11.3 Å². The second kappa shape index (κ2) is 6.48. The average molecular weight is 286 g/mol. The third-order valence-corrected chi connectivity index (χ3v) is 3.51. The third-order valence-electron chi connectivity index (χ3n) is 3.51. The fourth-order valence-electron chi connectivity index (χ4n) is 2.28. The molecule has 0 radical (unpaired) electrons. The minimum Gasteiger partial charge on any atom is -0.464 e. The number of amides is 1. The zero-order valence-electron chi connectivity index (χ0n) is 13.1. The van der Waals surface area contributed by atoms with E-state index in [1.165, 1.54) is 0 Å². The number of rotatable bonds is 5. The summed E-state index contributed by atoms with van der Waals surface area (Å²) in [5.74, 6) is 1.70. The fourth-order valence-corrected chi connectivity index (χ4v) is 2.28. The maximum absolute atomic E-state index is 12.2. The monoisotopic (exact) mass is 286 g/mol. The van der Waals surface area contributed by atoms with Crippen molar-refractivity contribution in [2.75, 3.05) is 18.9 Å². The van der Waals surface area contributed by atoms with Crippen molar-refractivity contribution in [3.8, 4) is 0 Å². The van der Waals surface area contributed by atoms with Crippen LogP contribution in [-0.4, -0.2) is 24.4 Å². The number of carbonyl (C=O) groups excluding carboxylic acids is 1. The highest BCUT2D eigenvalue weighted by atomic mass is 16.3. The Kier molecular flexibility index (Phi) is 4.68. The maximum atomic E-state index is 12.2. The van der Waals surface area contributed by atoms with Gasteiger partial charge in [-0.05, 0) is 44.0 Å². The molecule has 1 heterocycles. The number of likely N-dealkylation sites (N-methyl/N-ethyl adjacent to an activating group) is 1. The van der Waals surface area contributed by atoms with E-state index in [2.05, 4.69) is 5.32 Å². The molecule has 0 saturated heterocycles. The molecule has 0 aliphatic rings. The lowest BCUT2D eigenvalue weighted by molar-refractivity contribution is -0.128. The first kappa shape index (κ1) is 15.2. The second-order valence-electron chi connectivity index (χ2n) is 5.38. The predicted molar refractivity (Wildman–Crippen MR) is 84.3 cm³/mol. The second-order valence-corrected chi connectivity index (χ2v) is 5.38. The Morgan fingerprint density at radius 3 is 2.38 bits per heavy atom. The molecular formula is C17H22N2O2. The van der Waals surface area contributed by atoms with Crippen molar-refractivity contribution >= 4 is 11.6 Å². The molecule has 1 amide bonds. The Morgan fingerprint density at radius 2 is 1.81 bits per heavy atom. The van der Waals surface area contributed by atoms with Crippen molar-refractivity contribution in [1.29, 1.82) is 0 Å². The van der Waals surface area contributed by atoms with Crippen molar-refractivity contribution in [3.05, 3.63) is 53.0 Å². The Balaban J connectivity index is 1.92. The number of benzene rings is 1. The van der Waals surface area contributed by atoms with Gasteiger partial charge in [-0.25, -0.2) is 0 Å². The number of hydrogen-bond acceptors (Lipinski definition) is 3. The molecule has 0 aliphatic heterocycles. The molecule has 1 aromatic heterocycles. The van der Waals surface area contributed by atoms with Crippen LogP contribution in [0.3, 0.4) is 0 Å². The predicted octanol–water partition coefficient (Wildman–Crippen LogP) is 3.28. The molecule has 4 nitrogen and oxygen atoms in total. The molecule has 0 atom stereocenters. The highest BCUT2D eigenvalue weighted by Gasteiger charge is 2.12. The van der Waals surface area contributed by atoms with Gasteiger partial charge in [0.15, 0.2) is 0 Å².